The van der Waals surface area contributed by atoms with Crippen molar-refractivity contribution in [3.8, 4) is 0 Å². The fourth-order valence-electron chi connectivity index (χ4n) is 1.83. The van der Waals surface area contributed by atoms with Crippen LogP contribution in [0.1, 0.15) is 37.0 Å². The SMILES string of the molecule is CCC(CC)NC(=O)c1ccc(N(C)S(C)(=O)=O)cc1Cl. The highest BCUT2D eigenvalue weighted by Crippen LogP contribution is 2.24. The molecular formula is C14H21ClN2O3S. The molecule has 1 rings (SSSR count). The summed E-state index contributed by atoms with van der Waals surface area (Å²) < 4.78 is 24.1. The molecule has 0 heterocycles. The average molecular weight is 333 g/mol. The molecule has 0 atom stereocenters. The third-order valence-corrected chi connectivity index (χ3v) is 4.90. The number of hydrogen-bond acceptors (Lipinski definition) is 3. The van der Waals surface area contributed by atoms with Gasteiger partial charge < -0.3 is 5.32 Å². The van der Waals surface area contributed by atoms with Crippen molar-refractivity contribution in [2.75, 3.05) is 17.6 Å². The van der Waals surface area contributed by atoms with Crippen LogP contribution in [0.3, 0.4) is 0 Å². The molecule has 1 N–H and O–H groups in total. The highest BCUT2D eigenvalue weighted by molar-refractivity contribution is 7.92. The van der Waals surface area contributed by atoms with Gasteiger partial charge in [-0.3, -0.25) is 9.10 Å². The van der Waals surface area contributed by atoms with Gasteiger partial charge in [0.15, 0.2) is 0 Å². The lowest BCUT2D eigenvalue weighted by Gasteiger charge is -2.18. The Bertz CT molecular complexity index is 613. The van der Waals surface area contributed by atoms with E-state index in [0.29, 0.717) is 11.3 Å². The molecule has 0 aliphatic heterocycles. The minimum atomic E-state index is -3.36. The summed E-state index contributed by atoms with van der Waals surface area (Å²) in [5.41, 5.74) is 0.760. The average Bonchev–Trinajstić information content (AvgIpc) is 2.42. The van der Waals surface area contributed by atoms with Gasteiger partial charge in [-0.2, -0.15) is 0 Å². The monoisotopic (exact) mass is 332 g/mol. The Morgan fingerprint density at radius 3 is 2.33 bits per heavy atom. The molecule has 5 nitrogen and oxygen atoms in total. The fraction of sp³-hybridized carbons (Fsp3) is 0.500. The molecular weight excluding hydrogens is 312 g/mol. The zero-order chi connectivity index (χ0) is 16.2. The number of amides is 1. The van der Waals surface area contributed by atoms with Crippen LogP contribution >= 0.6 is 11.6 Å². The first-order chi connectivity index (χ1) is 9.70. The Balaban J connectivity index is 3.01. The van der Waals surface area contributed by atoms with E-state index in [4.69, 9.17) is 11.6 Å². The second kappa shape index (κ2) is 7.13. The first kappa shape index (κ1) is 17.8. The van der Waals surface area contributed by atoms with Gasteiger partial charge in [-0.1, -0.05) is 25.4 Å². The Hall–Kier alpha value is -1.27. The highest BCUT2D eigenvalue weighted by Gasteiger charge is 2.17. The van der Waals surface area contributed by atoms with Crippen LogP contribution in [0.5, 0.6) is 0 Å². The number of rotatable bonds is 6. The van der Waals surface area contributed by atoms with E-state index in [0.717, 1.165) is 23.4 Å². The normalized spacial score (nSPS) is 11.5. The van der Waals surface area contributed by atoms with Crippen molar-refractivity contribution < 1.29 is 13.2 Å². The van der Waals surface area contributed by atoms with Gasteiger partial charge in [0.25, 0.3) is 5.91 Å². The number of carbonyl (C=O) groups is 1. The smallest absolute Gasteiger partial charge is 0.253 e. The van der Waals surface area contributed by atoms with Gasteiger partial charge in [-0.05, 0) is 31.0 Å². The van der Waals surface area contributed by atoms with E-state index >= 15 is 0 Å². The van der Waals surface area contributed by atoms with Gasteiger partial charge in [-0.15, -0.1) is 0 Å². The molecule has 0 aliphatic rings. The van der Waals surface area contributed by atoms with Gasteiger partial charge in [0, 0.05) is 13.1 Å². The van der Waals surface area contributed by atoms with Crippen molar-refractivity contribution in [1.82, 2.24) is 5.32 Å². The molecule has 1 aromatic rings. The van der Waals surface area contributed by atoms with Crippen molar-refractivity contribution >= 4 is 33.2 Å². The second-order valence-electron chi connectivity index (χ2n) is 4.88. The molecule has 0 saturated heterocycles. The zero-order valence-electron chi connectivity index (χ0n) is 12.7. The summed E-state index contributed by atoms with van der Waals surface area (Å²) in [5, 5.41) is 3.13. The maximum absolute atomic E-state index is 12.1. The number of nitrogens with one attached hydrogen (secondary N) is 1. The minimum absolute atomic E-state index is 0.104. The summed E-state index contributed by atoms with van der Waals surface area (Å²) in [5.74, 6) is -0.248. The van der Waals surface area contributed by atoms with Crippen LogP contribution in [-0.2, 0) is 10.0 Å². The Morgan fingerprint density at radius 2 is 1.90 bits per heavy atom. The molecule has 0 radical (unpaired) electrons. The molecule has 21 heavy (non-hydrogen) atoms. The van der Waals surface area contributed by atoms with Gasteiger partial charge in [0.05, 0.1) is 22.5 Å². The quantitative estimate of drug-likeness (QED) is 0.870. The van der Waals surface area contributed by atoms with Crippen LogP contribution < -0.4 is 9.62 Å². The van der Waals surface area contributed by atoms with Crippen molar-refractivity contribution in [3.05, 3.63) is 28.8 Å². The summed E-state index contributed by atoms with van der Waals surface area (Å²) in [6, 6.07) is 4.68. The van der Waals surface area contributed by atoms with Crippen LogP contribution in [0.25, 0.3) is 0 Å². The van der Waals surface area contributed by atoms with Crippen LogP contribution in [0.4, 0.5) is 5.69 Å². The van der Waals surface area contributed by atoms with E-state index in [1.54, 1.807) is 6.07 Å². The predicted octanol–water partition coefficient (Wildman–Crippen LogP) is 2.65. The Kier molecular flexibility index (Phi) is 6.04. The lowest BCUT2D eigenvalue weighted by atomic mass is 10.1. The van der Waals surface area contributed by atoms with Gasteiger partial charge >= 0.3 is 0 Å². The number of sulfonamides is 1. The molecule has 0 fully saturated rings. The molecule has 7 heteroatoms. The van der Waals surface area contributed by atoms with Crippen LogP contribution in [0.2, 0.25) is 5.02 Å². The standard InChI is InChI=1S/C14H21ClN2O3S/c1-5-10(6-2)16-14(18)12-8-7-11(9-13(12)15)17(3)21(4,19)20/h7-10H,5-6H2,1-4H3,(H,16,18). The predicted molar refractivity (Wildman–Crippen MR) is 86.5 cm³/mol. The maximum Gasteiger partial charge on any atom is 0.253 e. The van der Waals surface area contributed by atoms with E-state index in [1.807, 2.05) is 13.8 Å². The molecule has 0 saturated carbocycles. The van der Waals surface area contributed by atoms with Crippen LogP contribution in [-0.4, -0.2) is 33.7 Å². The van der Waals surface area contributed by atoms with E-state index < -0.39 is 10.0 Å². The van der Waals surface area contributed by atoms with Crippen molar-refractivity contribution in [2.24, 2.45) is 0 Å². The molecule has 0 unspecified atom stereocenters. The summed E-state index contributed by atoms with van der Waals surface area (Å²) in [6.45, 7) is 4.00. The zero-order valence-corrected chi connectivity index (χ0v) is 14.3. The molecule has 0 aromatic heterocycles. The molecule has 118 valence electrons. The van der Waals surface area contributed by atoms with E-state index in [9.17, 15) is 13.2 Å². The third kappa shape index (κ3) is 4.61. The Morgan fingerprint density at radius 1 is 1.33 bits per heavy atom. The molecule has 0 aliphatic carbocycles. The number of hydrogen-bond donors (Lipinski definition) is 1. The third-order valence-electron chi connectivity index (χ3n) is 3.38. The molecule has 1 aromatic carbocycles. The van der Waals surface area contributed by atoms with Crippen LogP contribution in [0.15, 0.2) is 18.2 Å². The number of anilines is 1. The lowest BCUT2D eigenvalue weighted by Crippen LogP contribution is -2.34. The van der Waals surface area contributed by atoms with Gasteiger partial charge in [-0.25, -0.2) is 8.42 Å². The molecule has 0 bridgehead atoms. The second-order valence-corrected chi connectivity index (χ2v) is 7.30. The summed E-state index contributed by atoms with van der Waals surface area (Å²) in [6.07, 6.45) is 2.79. The van der Waals surface area contributed by atoms with Gasteiger partial charge in [0.2, 0.25) is 10.0 Å². The van der Waals surface area contributed by atoms with Crippen molar-refractivity contribution in [3.63, 3.8) is 0 Å². The first-order valence-corrected chi connectivity index (χ1v) is 8.97. The van der Waals surface area contributed by atoms with Crippen molar-refractivity contribution in [1.29, 1.82) is 0 Å². The largest absolute Gasteiger partial charge is 0.349 e. The van der Waals surface area contributed by atoms with Crippen molar-refractivity contribution in [2.45, 2.75) is 32.7 Å². The minimum Gasteiger partial charge on any atom is -0.349 e. The summed E-state index contributed by atoms with van der Waals surface area (Å²) >= 11 is 6.11. The first-order valence-electron chi connectivity index (χ1n) is 6.75. The van der Waals surface area contributed by atoms with Gasteiger partial charge in [0.1, 0.15) is 0 Å². The fourth-order valence-corrected chi connectivity index (χ4v) is 2.59. The topological polar surface area (TPSA) is 66.5 Å². The Labute approximate surface area is 131 Å². The summed E-state index contributed by atoms with van der Waals surface area (Å²) in [4.78, 5) is 12.1. The molecule has 0 spiro atoms. The van der Waals surface area contributed by atoms with E-state index in [-0.39, 0.29) is 17.0 Å². The lowest BCUT2D eigenvalue weighted by molar-refractivity contribution is 0.0935. The number of benzene rings is 1. The number of carbonyl (C=O) groups excluding carboxylic acids is 1. The maximum atomic E-state index is 12.1. The van der Waals surface area contributed by atoms with E-state index in [1.165, 1.54) is 19.2 Å². The number of halogens is 1. The highest BCUT2D eigenvalue weighted by atomic mass is 35.5. The number of nitrogens with zero attached hydrogens (tertiary/aromatic N) is 1. The molecule has 1 amide bonds. The van der Waals surface area contributed by atoms with E-state index in [2.05, 4.69) is 5.32 Å². The summed E-state index contributed by atoms with van der Waals surface area (Å²) in [7, 11) is -1.92. The van der Waals surface area contributed by atoms with Crippen LogP contribution in [0, 0.1) is 0 Å².